The predicted octanol–water partition coefficient (Wildman–Crippen LogP) is 2.70. The molecule has 0 aliphatic carbocycles. The zero-order chi connectivity index (χ0) is 14.1. The third-order valence-corrected chi connectivity index (χ3v) is 3.66. The standard InChI is InChI=1S/C12H8F2N4OS/c13-9(14)1-6-2-16-12-11(6)18-7(3-17-12)8-4-15-10(5-19)20-8/h2-5,9H,1H2,(H,16,17). The Kier molecular flexibility index (Phi) is 3.23. The minimum absolute atomic E-state index is 0.337. The summed E-state index contributed by atoms with van der Waals surface area (Å²) in [6.07, 6.45) is 2.37. The molecule has 3 heterocycles. The number of halogens is 2. The molecule has 5 nitrogen and oxygen atoms in total. The summed E-state index contributed by atoms with van der Waals surface area (Å²) in [5, 5.41) is 0.337. The lowest BCUT2D eigenvalue weighted by Gasteiger charge is -1.99. The smallest absolute Gasteiger partial charge is 0.242 e. The van der Waals surface area contributed by atoms with Gasteiger partial charge < -0.3 is 4.98 Å². The van der Waals surface area contributed by atoms with Gasteiger partial charge in [-0.1, -0.05) is 0 Å². The maximum absolute atomic E-state index is 12.5. The number of nitrogens with zero attached hydrogens (tertiary/aromatic N) is 3. The number of rotatable bonds is 4. The highest BCUT2D eigenvalue weighted by molar-refractivity contribution is 7.16. The molecule has 0 aliphatic rings. The Morgan fingerprint density at radius 1 is 1.35 bits per heavy atom. The third-order valence-electron chi connectivity index (χ3n) is 2.71. The van der Waals surface area contributed by atoms with Crippen LogP contribution in [0.25, 0.3) is 21.7 Å². The lowest BCUT2D eigenvalue weighted by Crippen LogP contribution is -1.96. The van der Waals surface area contributed by atoms with Crippen molar-refractivity contribution in [3.63, 3.8) is 0 Å². The normalized spacial score (nSPS) is 11.3. The van der Waals surface area contributed by atoms with Crippen LogP contribution in [0.1, 0.15) is 15.4 Å². The summed E-state index contributed by atoms with van der Waals surface area (Å²) in [4.78, 5) is 26.5. The van der Waals surface area contributed by atoms with Crippen molar-refractivity contribution in [3.05, 3.63) is 29.2 Å². The largest absolute Gasteiger partial charge is 0.345 e. The molecule has 3 rings (SSSR count). The fraction of sp³-hybridized carbons (Fsp3) is 0.167. The molecule has 0 saturated carbocycles. The van der Waals surface area contributed by atoms with Crippen LogP contribution in [0.15, 0.2) is 18.6 Å². The average molecular weight is 294 g/mol. The monoisotopic (exact) mass is 294 g/mol. The van der Waals surface area contributed by atoms with Gasteiger partial charge in [0, 0.05) is 24.4 Å². The number of nitrogens with one attached hydrogen (secondary N) is 1. The van der Waals surface area contributed by atoms with Crippen molar-refractivity contribution in [1.29, 1.82) is 0 Å². The number of alkyl halides is 2. The van der Waals surface area contributed by atoms with E-state index in [2.05, 4.69) is 19.9 Å². The van der Waals surface area contributed by atoms with Gasteiger partial charge in [-0.3, -0.25) is 4.79 Å². The van der Waals surface area contributed by atoms with E-state index in [1.165, 1.54) is 29.9 Å². The first-order valence-electron chi connectivity index (χ1n) is 5.70. The second kappa shape index (κ2) is 5.04. The molecule has 8 heteroatoms. The van der Waals surface area contributed by atoms with Gasteiger partial charge in [0.05, 0.1) is 11.1 Å². The molecule has 102 valence electrons. The molecule has 0 bridgehead atoms. The van der Waals surface area contributed by atoms with E-state index in [1.54, 1.807) is 0 Å². The first kappa shape index (κ1) is 12.8. The minimum atomic E-state index is -2.44. The number of aromatic nitrogens is 4. The summed E-state index contributed by atoms with van der Waals surface area (Å²) in [5.41, 5.74) is 1.82. The second-order valence-electron chi connectivity index (χ2n) is 4.04. The van der Waals surface area contributed by atoms with Gasteiger partial charge in [-0.2, -0.15) is 0 Å². The zero-order valence-corrected chi connectivity index (χ0v) is 10.8. The summed E-state index contributed by atoms with van der Waals surface area (Å²) in [7, 11) is 0. The molecule has 0 aliphatic heterocycles. The van der Waals surface area contributed by atoms with Crippen LogP contribution < -0.4 is 0 Å². The van der Waals surface area contributed by atoms with E-state index in [9.17, 15) is 13.6 Å². The number of thiazole rings is 1. The fourth-order valence-electron chi connectivity index (χ4n) is 1.84. The van der Waals surface area contributed by atoms with E-state index >= 15 is 0 Å². The minimum Gasteiger partial charge on any atom is -0.345 e. The van der Waals surface area contributed by atoms with Gasteiger partial charge in [0.25, 0.3) is 0 Å². The van der Waals surface area contributed by atoms with Crippen LogP contribution in [0.2, 0.25) is 0 Å². The van der Waals surface area contributed by atoms with Crippen LogP contribution in [0.5, 0.6) is 0 Å². The number of carbonyl (C=O) groups is 1. The van der Waals surface area contributed by atoms with E-state index in [4.69, 9.17) is 0 Å². The van der Waals surface area contributed by atoms with Crippen molar-refractivity contribution >= 4 is 28.8 Å². The maximum atomic E-state index is 12.5. The first-order chi connectivity index (χ1) is 9.67. The van der Waals surface area contributed by atoms with Crippen molar-refractivity contribution in [2.24, 2.45) is 0 Å². The van der Waals surface area contributed by atoms with Gasteiger partial charge in [0.1, 0.15) is 11.2 Å². The Bertz CT molecular complexity index is 768. The molecule has 0 spiro atoms. The number of hydrogen-bond acceptors (Lipinski definition) is 5. The van der Waals surface area contributed by atoms with Crippen molar-refractivity contribution in [2.45, 2.75) is 12.8 Å². The van der Waals surface area contributed by atoms with Crippen molar-refractivity contribution < 1.29 is 13.6 Å². The Labute approximate surface area is 115 Å². The van der Waals surface area contributed by atoms with Gasteiger partial charge in [-0.25, -0.2) is 23.7 Å². The molecule has 0 amide bonds. The van der Waals surface area contributed by atoms with Crippen molar-refractivity contribution in [2.75, 3.05) is 0 Å². The number of carbonyl (C=O) groups excluding carboxylic acids is 1. The Hall–Kier alpha value is -2.22. The average Bonchev–Trinajstić information content (AvgIpc) is 3.05. The predicted molar refractivity (Wildman–Crippen MR) is 70.1 cm³/mol. The zero-order valence-electron chi connectivity index (χ0n) is 10.0. The van der Waals surface area contributed by atoms with Gasteiger partial charge in [-0.15, -0.1) is 11.3 Å². The van der Waals surface area contributed by atoms with E-state index in [0.29, 0.717) is 38.6 Å². The van der Waals surface area contributed by atoms with Crippen LogP contribution in [0, 0.1) is 0 Å². The van der Waals surface area contributed by atoms with Crippen LogP contribution in [0.4, 0.5) is 8.78 Å². The quantitative estimate of drug-likeness (QED) is 0.751. The number of fused-ring (bicyclic) bond motifs is 1. The summed E-state index contributed by atoms with van der Waals surface area (Å²) < 4.78 is 25.0. The van der Waals surface area contributed by atoms with E-state index in [0.717, 1.165) is 0 Å². The molecule has 0 unspecified atom stereocenters. The number of hydrogen-bond donors (Lipinski definition) is 1. The number of aldehydes is 1. The summed E-state index contributed by atoms with van der Waals surface area (Å²) >= 11 is 1.18. The molecular formula is C12H8F2N4OS. The van der Waals surface area contributed by atoms with E-state index in [1.807, 2.05) is 0 Å². The van der Waals surface area contributed by atoms with E-state index in [-0.39, 0.29) is 6.42 Å². The fourth-order valence-corrected chi connectivity index (χ4v) is 2.53. The first-order valence-corrected chi connectivity index (χ1v) is 6.51. The van der Waals surface area contributed by atoms with E-state index < -0.39 is 6.43 Å². The molecule has 0 atom stereocenters. The van der Waals surface area contributed by atoms with Crippen LogP contribution in [0.3, 0.4) is 0 Å². The van der Waals surface area contributed by atoms with Crippen LogP contribution in [-0.2, 0) is 6.42 Å². The second-order valence-corrected chi connectivity index (χ2v) is 5.10. The lowest BCUT2D eigenvalue weighted by molar-refractivity contribution is 0.112. The van der Waals surface area contributed by atoms with Gasteiger partial charge in [0.2, 0.25) is 6.43 Å². The number of H-pyrrole nitrogens is 1. The van der Waals surface area contributed by atoms with Crippen molar-refractivity contribution in [1.82, 2.24) is 19.9 Å². The molecule has 0 fully saturated rings. The SMILES string of the molecule is O=Cc1ncc(-c2cnc3[nH]cc(CC(F)F)c3n2)s1. The topological polar surface area (TPSA) is 71.5 Å². The molecule has 0 saturated heterocycles. The Balaban J connectivity index is 2.06. The maximum Gasteiger partial charge on any atom is 0.242 e. The van der Waals surface area contributed by atoms with Crippen LogP contribution >= 0.6 is 11.3 Å². The molecule has 3 aromatic heterocycles. The molecule has 3 aromatic rings. The number of aromatic amines is 1. The van der Waals surface area contributed by atoms with Crippen molar-refractivity contribution in [3.8, 4) is 10.6 Å². The highest BCUT2D eigenvalue weighted by Crippen LogP contribution is 2.26. The lowest BCUT2D eigenvalue weighted by atomic mass is 10.2. The summed E-state index contributed by atoms with van der Waals surface area (Å²) in [6, 6.07) is 0. The Morgan fingerprint density at radius 2 is 2.20 bits per heavy atom. The highest BCUT2D eigenvalue weighted by atomic mass is 32.1. The summed E-state index contributed by atoms with van der Waals surface area (Å²) in [5.74, 6) is 0. The van der Waals surface area contributed by atoms with Gasteiger partial charge in [0.15, 0.2) is 16.9 Å². The molecule has 1 N–H and O–H groups in total. The molecule has 20 heavy (non-hydrogen) atoms. The van der Waals surface area contributed by atoms with Crippen LogP contribution in [-0.4, -0.2) is 32.6 Å². The van der Waals surface area contributed by atoms with Gasteiger partial charge in [-0.05, 0) is 0 Å². The molecule has 0 radical (unpaired) electrons. The van der Waals surface area contributed by atoms with Gasteiger partial charge >= 0.3 is 0 Å². The Morgan fingerprint density at radius 3 is 2.90 bits per heavy atom. The highest BCUT2D eigenvalue weighted by Gasteiger charge is 2.14. The third kappa shape index (κ3) is 2.29. The molecular weight excluding hydrogens is 286 g/mol. The molecule has 0 aromatic carbocycles. The summed E-state index contributed by atoms with van der Waals surface area (Å²) in [6.45, 7) is 0.